The molecule has 0 amide bonds. The lowest BCUT2D eigenvalue weighted by Crippen LogP contribution is -2.21. The number of sulfonamides is 1. The molecule has 3 aromatic carbocycles. The van der Waals surface area contributed by atoms with Gasteiger partial charge in [0.15, 0.2) is 11.5 Å². The van der Waals surface area contributed by atoms with Crippen molar-refractivity contribution in [3.63, 3.8) is 0 Å². The van der Waals surface area contributed by atoms with Crippen LogP contribution >= 0.6 is 11.6 Å². The van der Waals surface area contributed by atoms with E-state index in [4.69, 9.17) is 21.1 Å². The Balaban J connectivity index is 1.81. The second-order valence-corrected chi connectivity index (χ2v) is 9.75. The zero-order chi connectivity index (χ0) is 27.6. The van der Waals surface area contributed by atoms with Crippen molar-refractivity contribution >= 4 is 44.3 Å². The summed E-state index contributed by atoms with van der Waals surface area (Å²) in [5, 5.41) is 26.3. The first-order valence-corrected chi connectivity index (χ1v) is 12.5. The van der Waals surface area contributed by atoms with Gasteiger partial charge in [-0.05, 0) is 30.3 Å². The molecule has 0 atom stereocenters. The summed E-state index contributed by atoms with van der Waals surface area (Å²) in [7, 11) is -1.47. The average molecular weight is 559 g/mol. The highest BCUT2D eigenvalue weighted by molar-refractivity contribution is 7.89. The van der Waals surface area contributed by atoms with Gasteiger partial charge in [-0.2, -0.15) is 13.5 Å². The van der Waals surface area contributed by atoms with E-state index >= 15 is 0 Å². The largest absolute Gasteiger partial charge is 0.494 e. The van der Waals surface area contributed by atoms with Gasteiger partial charge in [-0.3, -0.25) is 14.9 Å². The Morgan fingerprint density at radius 3 is 2.39 bits per heavy atom. The number of halogens is 1. The monoisotopic (exact) mass is 558 g/mol. The number of nitrogens with one attached hydrogen (secondary N) is 1. The standard InChI is InChI=1S/C24H19ClN4O8S/c1-36-21-10-7-14(11-22(21)37-2)28-23(30)17-6-4-3-5-16(17)18(24(28)31)13-26-27-38(34,35)15-8-9-19(25)20(12-15)29(32)33/h3-13,27,31H,1-2H3. The van der Waals surface area contributed by atoms with E-state index in [0.717, 1.165) is 29.0 Å². The average Bonchev–Trinajstić information content (AvgIpc) is 2.90. The first kappa shape index (κ1) is 26.4. The van der Waals surface area contributed by atoms with E-state index in [2.05, 4.69) is 5.10 Å². The number of hydrazone groups is 1. The third-order valence-electron chi connectivity index (χ3n) is 5.52. The van der Waals surface area contributed by atoms with E-state index in [0.29, 0.717) is 16.9 Å². The molecular formula is C24H19ClN4O8S. The Kier molecular flexibility index (Phi) is 7.23. The normalized spacial score (nSPS) is 11.6. The molecule has 0 radical (unpaired) electrons. The summed E-state index contributed by atoms with van der Waals surface area (Å²) < 4.78 is 36.9. The Labute approximate surface area is 220 Å². The lowest BCUT2D eigenvalue weighted by molar-refractivity contribution is -0.384. The molecule has 38 heavy (non-hydrogen) atoms. The van der Waals surface area contributed by atoms with Gasteiger partial charge in [0.1, 0.15) is 5.02 Å². The summed E-state index contributed by atoms with van der Waals surface area (Å²) in [5.41, 5.74) is -0.861. The molecule has 0 spiro atoms. The number of hydrogen-bond acceptors (Lipinski definition) is 9. The third-order valence-corrected chi connectivity index (χ3v) is 7.06. The minimum Gasteiger partial charge on any atom is -0.494 e. The maximum Gasteiger partial charge on any atom is 0.289 e. The highest BCUT2D eigenvalue weighted by Gasteiger charge is 2.21. The van der Waals surface area contributed by atoms with E-state index in [1.807, 2.05) is 4.83 Å². The van der Waals surface area contributed by atoms with E-state index in [-0.39, 0.29) is 21.7 Å². The second-order valence-electron chi connectivity index (χ2n) is 7.69. The number of ether oxygens (including phenoxy) is 2. The van der Waals surface area contributed by atoms with E-state index < -0.39 is 37.0 Å². The number of methoxy groups -OCH3 is 2. The van der Waals surface area contributed by atoms with Crippen molar-refractivity contribution in [2.24, 2.45) is 5.10 Å². The Bertz CT molecular complexity index is 1770. The fraction of sp³-hybridized carbons (Fsp3) is 0.0833. The van der Waals surface area contributed by atoms with Crippen LogP contribution in [0.3, 0.4) is 0 Å². The number of nitro groups is 1. The van der Waals surface area contributed by atoms with Crippen LogP contribution in [0.2, 0.25) is 5.02 Å². The van der Waals surface area contributed by atoms with Crippen LogP contribution in [0.5, 0.6) is 17.4 Å². The molecule has 0 saturated heterocycles. The predicted octanol–water partition coefficient (Wildman–Crippen LogP) is 3.59. The van der Waals surface area contributed by atoms with Crippen LogP contribution in [-0.4, -0.2) is 43.4 Å². The van der Waals surface area contributed by atoms with Gasteiger partial charge < -0.3 is 14.6 Å². The van der Waals surface area contributed by atoms with Gasteiger partial charge in [-0.15, -0.1) is 0 Å². The minimum atomic E-state index is -4.35. The first-order chi connectivity index (χ1) is 18.1. The summed E-state index contributed by atoms with van der Waals surface area (Å²) in [5.74, 6) is 0.193. The predicted molar refractivity (Wildman–Crippen MR) is 140 cm³/mol. The van der Waals surface area contributed by atoms with Crippen LogP contribution in [0.1, 0.15) is 5.56 Å². The lowest BCUT2D eigenvalue weighted by Gasteiger charge is -2.15. The zero-order valence-corrected chi connectivity index (χ0v) is 21.4. The van der Waals surface area contributed by atoms with Gasteiger partial charge in [-0.1, -0.05) is 29.8 Å². The number of aromatic nitrogens is 1. The quantitative estimate of drug-likeness (QED) is 0.188. The van der Waals surface area contributed by atoms with Gasteiger partial charge in [0.05, 0.1) is 41.5 Å². The molecule has 0 aliphatic rings. The topological polar surface area (TPSA) is 162 Å². The molecule has 0 unspecified atom stereocenters. The molecule has 0 saturated carbocycles. The summed E-state index contributed by atoms with van der Waals surface area (Å²) in [6.45, 7) is 0. The molecule has 2 N–H and O–H groups in total. The molecule has 12 nitrogen and oxygen atoms in total. The highest BCUT2D eigenvalue weighted by atomic mass is 35.5. The Hall–Kier alpha value is -4.62. The maximum absolute atomic E-state index is 13.3. The Morgan fingerprint density at radius 2 is 1.74 bits per heavy atom. The molecule has 0 bridgehead atoms. The number of nitro benzene ring substituents is 1. The Morgan fingerprint density at radius 1 is 1.05 bits per heavy atom. The number of rotatable bonds is 8. The molecule has 0 aliphatic carbocycles. The van der Waals surface area contributed by atoms with Crippen molar-refractivity contribution in [2.75, 3.05) is 14.2 Å². The van der Waals surface area contributed by atoms with Crippen LogP contribution in [0.4, 0.5) is 5.69 Å². The van der Waals surface area contributed by atoms with Gasteiger partial charge in [0, 0.05) is 22.9 Å². The molecule has 1 heterocycles. The lowest BCUT2D eigenvalue weighted by atomic mass is 10.1. The molecule has 4 aromatic rings. The molecular weight excluding hydrogens is 540 g/mol. The summed E-state index contributed by atoms with van der Waals surface area (Å²) >= 11 is 5.76. The van der Waals surface area contributed by atoms with Crippen molar-refractivity contribution in [3.8, 4) is 23.1 Å². The molecule has 14 heteroatoms. The number of pyridine rings is 1. The maximum atomic E-state index is 13.3. The number of aromatic hydroxyl groups is 1. The van der Waals surface area contributed by atoms with Crippen molar-refractivity contribution in [1.29, 1.82) is 0 Å². The first-order valence-electron chi connectivity index (χ1n) is 10.7. The number of hydrogen-bond donors (Lipinski definition) is 2. The van der Waals surface area contributed by atoms with Crippen LogP contribution in [0.25, 0.3) is 16.5 Å². The second kappa shape index (κ2) is 10.4. The fourth-order valence-electron chi connectivity index (χ4n) is 3.71. The number of benzene rings is 3. The van der Waals surface area contributed by atoms with Crippen LogP contribution in [0, 0.1) is 10.1 Å². The molecule has 0 fully saturated rings. The minimum absolute atomic E-state index is 0.0276. The summed E-state index contributed by atoms with van der Waals surface area (Å²) in [6.07, 6.45) is 1.02. The van der Waals surface area contributed by atoms with Crippen molar-refractivity contribution in [3.05, 3.63) is 91.7 Å². The SMILES string of the molecule is COc1ccc(-n2c(O)c(C=NNS(=O)(=O)c3ccc(Cl)c([N+](=O)[O-])c3)c3ccccc3c2=O)cc1OC. The van der Waals surface area contributed by atoms with Gasteiger partial charge in [0.2, 0.25) is 5.88 Å². The van der Waals surface area contributed by atoms with Crippen molar-refractivity contribution < 1.29 is 27.9 Å². The van der Waals surface area contributed by atoms with Crippen molar-refractivity contribution in [2.45, 2.75) is 4.90 Å². The van der Waals surface area contributed by atoms with Gasteiger partial charge in [0.25, 0.3) is 21.3 Å². The van der Waals surface area contributed by atoms with E-state index in [1.54, 1.807) is 30.3 Å². The summed E-state index contributed by atoms with van der Waals surface area (Å²) in [6, 6.07) is 13.9. The van der Waals surface area contributed by atoms with Crippen molar-refractivity contribution in [1.82, 2.24) is 9.40 Å². The smallest absolute Gasteiger partial charge is 0.289 e. The van der Waals surface area contributed by atoms with Gasteiger partial charge >= 0.3 is 0 Å². The zero-order valence-electron chi connectivity index (χ0n) is 19.8. The molecule has 0 aliphatic heterocycles. The molecule has 1 aromatic heterocycles. The molecule has 196 valence electrons. The fourth-order valence-corrected chi connectivity index (χ4v) is 4.70. The van der Waals surface area contributed by atoms with Crippen LogP contribution < -0.4 is 19.9 Å². The highest BCUT2D eigenvalue weighted by Crippen LogP contribution is 2.32. The van der Waals surface area contributed by atoms with E-state index in [1.165, 1.54) is 26.4 Å². The van der Waals surface area contributed by atoms with E-state index in [9.17, 15) is 28.4 Å². The summed E-state index contributed by atoms with van der Waals surface area (Å²) in [4.78, 5) is 25.1. The third kappa shape index (κ3) is 4.84. The molecule has 4 rings (SSSR count). The van der Waals surface area contributed by atoms with Crippen LogP contribution in [0.15, 0.2) is 75.5 Å². The number of fused-ring (bicyclic) bond motifs is 1. The van der Waals surface area contributed by atoms with Gasteiger partial charge in [-0.25, -0.2) is 9.40 Å². The van der Waals surface area contributed by atoms with Crippen LogP contribution in [-0.2, 0) is 10.0 Å². The number of nitrogens with zero attached hydrogens (tertiary/aromatic N) is 3.